The summed E-state index contributed by atoms with van der Waals surface area (Å²) >= 11 is 5.85. The number of esters is 1. The lowest BCUT2D eigenvalue weighted by molar-refractivity contribution is -0.147. The predicted octanol–water partition coefficient (Wildman–Crippen LogP) is 5.34. The van der Waals surface area contributed by atoms with Gasteiger partial charge >= 0.3 is 5.97 Å². The number of halogens is 1. The molecule has 0 saturated carbocycles. The van der Waals surface area contributed by atoms with E-state index >= 15 is 0 Å². The Labute approximate surface area is 196 Å². The molecule has 8 heteroatoms. The lowest BCUT2D eigenvalue weighted by Crippen LogP contribution is -2.21. The first-order valence-electron chi connectivity index (χ1n) is 10.2. The Hall–Kier alpha value is -3.84. The first-order chi connectivity index (χ1) is 15.9. The molecule has 0 aliphatic carbocycles. The number of benzene rings is 3. The Morgan fingerprint density at radius 1 is 0.788 bits per heavy atom. The van der Waals surface area contributed by atoms with E-state index in [0.29, 0.717) is 27.9 Å². The van der Waals surface area contributed by atoms with Crippen LogP contribution in [0.1, 0.15) is 18.4 Å². The monoisotopic (exact) mass is 466 g/mol. The second kappa shape index (κ2) is 11.7. The van der Waals surface area contributed by atoms with E-state index in [-0.39, 0.29) is 18.7 Å². The Balaban J connectivity index is 1.36. The van der Waals surface area contributed by atoms with Crippen LogP contribution in [0.3, 0.4) is 0 Å². The van der Waals surface area contributed by atoms with Crippen LogP contribution in [0.25, 0.3) is 0 Å². The van der Waals surface area contributed by atoms with Crippen LogP contribution >= 0.6 is 11.6 Å². The van der Waals surface area contributed by atoms with Gasteiger partial charge in [0.1, 0.15) is 11.5 Å². The summed E-state index contributed by atoms with van der Waals surface area (Å²) in [6, 6.07) is 21.0. The van der Waals surface area contributed by atoms with Gasteiger partial charge in [0.05, 0.1) is 6.42 Å². The van der Waals surface area contributed by atoms with Gasteiger partial charge in [-0.25, -0.2) is 0 Å². The van der Waals surface area contributed by atoms with Crippen molar-refractivity contribution in [3.05, 3.63) is 83.4 Å². The summed E-state index contributed by atoms with van der Waals surface area (Å²) in [6.45, 7) is 1.49. The zero-order valence-electron chi connectivity index (χ0n) is 18.0. The number of rotatable bonds is 9. The quantitative estimate of drug-likeness (QED) is 0.415. The summed E-state index contributed by atoms with van der Waals surface area (Å²) in [7, 11) is 0. The normalized spacial score (nSPS) is 10.2. The number of amides is 2. The van der Waals surface area contributed by atoms with Crippen molar-refractivity contribution in [2.45, 2.75) is 19.8 Å². The van der Waals surface area contributed by atoms with Crippen LogP contribution in [-0.2, 0) is 19.1 Å². The highest BCUT2D eigenvalue weighted by Gasteiger charge is 2.11. The minimum absolute atomic E-state index is 0.0681. The van der Waals surface area contributed by atoms with Crippen LogP contribution in [-0.4, -0.2) is 24.4 Å². The fourth-order valence-electron chi connectivity index (χ4n) is 2.82. The molecular weight excluding hydrogens is 444 g/mol. The van der Waals surface area contributed by atoms with Gasteiger partial charge in [-0.1, -0.05) is 23.7 Å². The smallest absolute Gasteiger partial charge is 0.306 e. The van der Waals surface area contributed by atoms with Gasteiger partial charge in [-0.05, 0) is 73.2 Å². The summed E-state index contributed by atoms with van der Waals surface area (Å²) in [5, 5.41) is 5.97. The average molecular weight is 467 g/mol. The minimum atomic E-state index is -0.628. The molecule has 3 rings (SSSR count). The van der Waals surface area contributed by atoms with Crippen LogP contribution in [0.5, 0.6) is 11.5 Å². The van der Waals surface area contributed by atoms with Crippen LogP contribution in [0.4, 0.5) is 11.4 Å². The number of hydrogen-bond acceptors (Lipinski definition) is 5. The topological polar surface area (TPSA) is 93.7 Å². The standard InChI is InChI=1S/C25H23ClN2O5/c1-17-3-2-4-20(15-17)28-24(30)16-32-25(31)14-13-23(29)27-19-7-11-22(12-8-19)33-21-9-5-18(26)6-10-21/h2-12,15H,13-14,16H2,1H3,(H,27,29)(H,28,30). The van der Waals surface area contributed by atoms with Crippen LogP contribution < -0.4 is 15.4 Å². The second-order valence-corrected chi connectivity index (χ2v) is 7.64. The van der Waals surface area contributed by atoms with E-state index in [9.17, 15) is 14.4 Å². The summed E-state index contributed by atoms with van der Waals surface area (Å²) in [4.78, 5) is 35.8. The van der Waals surface area contributed by atoms with Gasteiger partial charge in [0.2, 0.25) is 5.91 Å². The minimum Gasteiger partial charge on any atom is -0.457 e. The van der Waals surface area contributed by atoms with Crippen molar-refractivity contribution < 1.29 is 23.9 Å². The third-order valence-corrected chi connectivity index (χ3v) is 4.66. The summed E-state index contributed by atoms with van der Waals surface area (Å²) in [6.07, 6.45) is -0.206. The molecule has 3 aromatic rings. The molecule has 0 aliphatic heterocycles. The molecule has 7 nitrogen and oxygen atoms in total. The number of hydrogen-bond donors (Lipinski definition) is 2. The van der Waals surface area contributed by atoms with Gasteiger partial charge in [-0.3, -0.25) is 14.4 Å². The van der Waals surface area contributed by atoms with Crippen molar-refractivity contribution in [3.63, 3.8) is 0 Å². The highest BCUT2D eigenvalue weighted by atomic mass is 35.5. The lowest BCUT2D eigenvalue weighted by Gasteiger charge is -2.09. The van der Waals surface area contributed by atoms with Crippen molar-refractivity contribution >= 4 is 40.8 Å². The Bertz CT molecular complexity index is 1110. The van der Waals surface area contributed by atoms with Crippen molar-refractivity contribution in [2.24, 2.45) is 0 Å². The van der Waals surface area contributed by atoms with Crippen molar-refractivity contribution in [1.82, 2.24) is 0 Å². The van der Waals surface area contributed by atoms with E-state index in [2.05, 4.69) is 10.6 Å². The molecule has 33 heavy (non-hydrogen) atoms. The number of carbonyl (C=O) groups excluding carboxylic acids is 3. The molecule has 0 heterocycles. The van der Waals surface area contributed by atoms with E-state index in [0.717, 1.165) is 5.56 Å². The molecule has 0 fully saturated rings. The number of aryl methyl sites for hydroxylation is 1. The van der Waals surface area contributed by atoms with E-state index in [1.165, 1.54) is 0 Å². The number of anilines is 2. The largest absolute Gasteiger partial charge is 0.457 e. The summed E-state index contributed by atoms with van der Waals surface area (Å²) in [5.74, 6) is -0.178. The molecule has 0 unspecified atom stereocenters. The van der Waals surface area contributed by atoms with Crippen LogP contribution in [0.2, 0.25) is 5.02 Å². The molecule has 2 amide bonds. The third-order valence-electron chi connectivity index (χ3n) is 4.41. The van der Waals surface area contributed by atoms with E-state index in [1.54, 1.807) is 60.7 Å². The van der Waals surface area contributed by atoms with Gasteiger partial charge in [-0.2, -0.15) is 0 Å². The molecule has 3 aromatic carbocycles. The number of nitrogens with one attached hydrogen (secondary N) is 2. The highest BCUT2D eigenvalue weighted by molar-refractivity contribution is 6.30. The molecule has 170 valence electrons. The number of ether oxygens (including phenoxy) is 2. The number of carbonyl (C=O) groups is 3. The molecular formula is C25H23ClN2O5. The summed E-state index contributed by atoms with van der Waals surface area (Å²) in [5.41, 5.74) is 2.19. The zero-order chi connectivity index (χ0) is 23.6. The van der Waals surface area contributed by atoms with Gasteiger partial charge < -0.3 is 20.1 Å². The van der Waals surface area contributed by atoms with Gasteiger partial charge in [0.15, 0.2) is 6.61 Å². The zero-order valence-corrected chi connectivity index (χ0v) is 18.7. The van der Waals surface area contributed by atoms with E-state index < -0.39 is 18.5 Å². The molecule has 0 bridgehead atoms. The first kappa shape index (κ1) is 23.8. The molecule has 0 saturated heterocycles. The van der Waals surface area contributed by atoms with Gasteiger partial charge in [0, 0.05) is 22.8 Å². The fourth-order valence-corrected chi connectivity index (χ4v) is 2.95. The Morgan fingerprint density at radius 3 is 2.09 bits per heavy atom. The van der Waals surface area contributed by atoms with Crippen molar-refractivity contribution in [2.75, 3.05) is 17.2 Å². The molecule has 2 N–H and O–H groups in total. The maximum atomic E-state index is 12.1. The SMILES string of the molecule is Cc1cccc(NC(=O)COC(=O)CCC(=O)Nc2ccc(Oc3ccc(Cl)cc3)cc2)c1. The van der Waals surface area contributed by atoms with Gasteiger partial charge in [0.25, 0.3) is 5.91 Å². The Morgan fingerprint density at radius 2 is 1.42 bits per heavy atom. The second-order valence-electron chi connectivity index (χ2n) is 7.21. The first-order valence-corrected chi connectivity index (χ1v) is 10.6. The molecule has 0 spiro atoms. The molecule has 0 radical (unpaired) electrons. The third kappa shape index (κ3) is 8.31. The van der Waals surface area contributed by atoms with Gasteiger partial charge in [-0.15, -0.1) is 0 Å². The highest BCUT2D eigenvalue weighted by Crippen LogP contribution is 2.24. The van der Waals surface area contributed by atoms with Crippen molar-refractivity contribution in [3.8, 4) is 11.5 Å². The predicted molar refractivity (Wildman–Crippen MR) is 127 cm³/mol. The average Bonchev–Trinajstić information content (AvgIpc) is 2.79. The fraction of sp³-hybridized carbons (Fsp3) is 0.160. The van der Waals surface area contributed by atoms with Crippen molar-refractivity contribution in [1.29, 1.82) is 0 Å². The molecule has 0 aliphatic rings. The maximum Gasteiger partial charge on any atom is 0.306 e. The Kier molecular flexibility index (Phi) is 8.43. The van der Waals surface area contributed by atoms with Crippen LogP contribution in [0, 0.1) is 6.92 Å². The molecule has 0 atom stereocenters. The lowest BCUT2D eigenvalue weighted by atomic mass is 10.2. The van der Waals surface area contributed by atoms with E-state index in [4.69, 9.17) is 21.1 Å². The maximum absolute atomic E-state index is 12.1. The molecule has 0 aromatic heterocycles. The summed E-state index contributed by atoms with van der Waals surface area (Å²) < 4.78 is 10.6. The van der Waals surface area contributed by atoms with E-state index in [1.807, 2.05) is 19.1 Å². The van der Waals surface area contributed by atoms with Crippen LogP contribution in [0.15, 0.2) is 72.8 Å².